The van der Waals surface area contributed by atoms with Gasteiger partial charge in [0.1, 0.15) is 0 Å². The molecule has 1 saturated heterocycles. The van der Waals surface area contributed by atoms with E-state index in [0.29, 0.717) is 48.6 Å². The van der Waals surface area contributed by atoms with Crippen molar-refractivity contribution in [2.45, 2.75) is 63.6 Å². The molecule has 4 rings (SSSR count). The number of hydrogen-bond donors (Lipinski definition) is 3. The van der Waals surface area contributed by atoms with Crippen LogP contribution in [0.25, 0.3) is 10.4 Å². The van der Waals surface area contributed by atoms with Crippen LogP contribution in [-0.2, 0) is 21.4 Å². The molecule has 1 fully saturated rings. The molecule has 1 aliphatic heterocycles. The molecule has 1 aliphatic rings. The maximum atomic E-state index is 13.4. The van der Waals surface area contributed by atoms with Gasteiger partial charge in [0, 0.05) is 55.6 Å². The van der Waals surface area contributed by atoms with Gasteiger partial charge in [0.05, 0.1) is 9.77 Å². The summed E-state index contributed by atoms with van der Waals surface area (Å²) in [6.07, 6.45) is 2.05. The summed E-state index contributed by atoms with van der Waals surface area (Å²) in [6, 6.07) is 14.3. The van der Waals surface area contributed by atoms with E-state index < -0.39 is 21.7 Å². The summed E-state index contributed by atoms with van der Waals surface area (Å²) in [5.74, 6) is -0.298. The molecule has 0 unspecified atom stereocenters. The van der Waals surface area contributed by atoms with E-state index in [-0.39, 0.29) is 16.8 Å². The Morgan fingerprint density at radius 3 is 2.40 bits per heavy atom. The summed E-state index contributed by atoms with van der Waals surface area (Å²) in [4.78, 5) is 32.6. The first-order chi connectivity index (χ1) is 18.8. The van der Waals surface area contributed by atoms with Gasteiger partial charge in [-0.15, -0.1) is 0 Å². The number of aromatic nitrogens is 1. The summed E-state index contributed by atoms with van der Waals surface area (Å²) in [7, 11) is -3.92. The van der Waals surface area contributed by atoms with Gasteiger partial charge in [-0.2, -0.15) is 0 Å². The van der Waals surface area contributed by atoms with Gasteiger partial charge in [-0.1, -0.05) is 47.7 Å². The van der Waals surface area contributed by atoms with E-state index in [4.69, 9.17) is 0 Å². The number of nitrogens with one attached hydrogen (secondary N) is 2. The van der Waals surface area contributed by atoms with Gasteiger partial charge in [-0.25, -0.2) is 22.9 Å². The van der Waals surface area contributed by atoms with Gasteiger partial charge in [0.15, 0.2) is 5.13 Å². The molecule has 2 heterocycles. The molecule has 2 aromatic carbocycles. The minimum atomic E-state index is -3.92. The molecule has 3 N–H and O–H groups in total. The molecular formula is C28H35N5O5S2. The number of carbonyl (C=O) groups excluding carboxylic acids is 1. The fraction of sp³-hybridized carbons (Fsp3) is 0.393. The maximum Gasteiger partial charge on any atom is 0.407 e. The zero-order chi connectivity index (χ0) is 29.1. The number of thiazole rings is 1. The first-order valence-electron chi connectivity index (χ1n) is 13.0. The second-order valence-electron chi connectivity index (χ2n) is 10.9. The Morgan fingerprint density at radius 1 is 1.12 bits per heavy atom. The molecule has 0 bridgehead atoms. The number of nitrogens with zero attached hydrogens (tertiary/aromatic N) is 3. The third-order valence-corrected chi connectivity index (χ3v) is 9.30. The molecule has 3 aromatic rings. The van der Waals surface area contributed by atoms with Crippen molar-refractivity contribution in [2.24, 2.45) is 0 Å². The number of rotatable bonds is 8. The summed E-state index contributed by atoms with van der Waals surface area (Å²) in [6.45, 7) is 8.27. The first-order valence-corrected chi connectivity index (χ1v) is 15.3. The minimum Gasteiger partial charge on any atom is -0.465 e. The number of carboxylic acid groups (broad SMARTS) is 1. The van der Waals surface area contributed by atoms with Crippen molar-refractivity contribution in [3.8, 4) is 10.4 Å². The molecule has 0 saturated carbocycles. The molecule has 0 aliphatic carbocycles. The van der Waals surface area contributed by atoms with Crippen molar-refractivity contribution in [3.05, 3.63) is 60.3 Å². The molecule has 214 valence electrons. The van der Waals surface area contributed by atoms with Crippen LogP contribution in [-0.4, -0.2) is 60.1 Å². The zero-order valence-electron chi connectivity index (χ0n) is 23.0. The number of amides is 2. The van der Waals surface area contributed by atoms with Crippen LogP contribution in [0, 0.1) is 0 Å². The van der Waals surface area contributed by atoms with Gasteiger partial charge >= 0.3 is 6.09 Å². The van der Waals surface area contributed by atoms with Gasteiger partial charge in [0.2, 0.25) is 15.9 Å². The monoisotopic (exact) mass is 585 g/mol. The standard InChI is InChI=1S/C28H35N5O5S2/c1-19(34)30-21-10-11-23(25(16-21)40(37,38)31-28(2,3)4)24-17-29-26(39-24)32-14-12-22(13-15-32)33(27(35)36)18-20-8-6-5-7-9-20/h5-11,16-17,22,31H,12-15,18H2,1-4H3,(H,30,34)(H,35,36). The summed E-state index contributed by atoms with van der Waals surface area (Å²) in [5.41, 5.74) is 1.13. The number of benzene rings is 2. The number of sulfonamides is 1. The Balaban J connectivity index is 1.54. The van der Waals surface area contributed by atoms with E-state index in [1.807, 2.05) is 30.3 Å². The fourth-order valence-electron chi connectivity index (χ4n) is 4.72. The number of piperidine rings is 1. The lowest BCUT2D eigenvalue weighted by molar-refractivity contribution is -0.114. The first kappa shape index (κ1) is 29.5. The van der Waals surface area contributed by atoms with Gasteiger partial charge < -0.3 is 20.2 Å². The average Bonchev–Trinajstić information content (AvgIpc) is 3.36. The Bertz CT molecular complexity index is 1460. The third kappa shape index (κ3) is 7.38. The topological polar surface area (TPSA) is 132 Å². The van der Waals surface area contributed by atoms with E-state index in [1.165, 1.54) is 29.2 Å². The lowest BCUT2D eigenvalue weighted by Gasteiger charge is -2.37. The third-order valence-electron chi connectivity index (χ3n) is 6.41. The van der Waals surface area contributed by atoms with Crippen molar-refractivity contribution in [1.82, 2.24) is 14.6 Å². The van der Waals surface area contributed by atoms with Crippen LogP contribution in [0.4, 0.5) is 15.6 Å². The van der Waals surface area contributed by atoms with Crippen molar-refractivity contribution in [1.29, 1.82) is 0 Å². The molecule has 0 atom stereocenters. The molecule has 10 nitrogen and oxygen atoms in total. The second kappa shape index (κ2) is 11.9. The van der Waals surface area contributed by atoms with Gasteiger partial charge in [-0.3, -0.25) is 4.79 Å². The quantitative estimate of drug-likeness (QED) is 0.339. The van der Waals surface area contributed by atoms with E-state index >= 15 is 0 Å². The lowest BCUT2D eigenvalue weighted by atomic mass is 10.0. The molecule has 1 aromatic heterocycles. The highest BCUT2D eigenvalue weighted by Gasteiger charge is 2.30. The smallest absolute Gasteiger partial charge is 0.407 e. The Hall–Kier alpha value is -3.48. The van der Waals surface area contributed by atoms with Crippen LogP contribution in [0.15, 0.2) is 59.6 Å². The van der Waals surface area contributed by atoms with E-state index in [0.717, 1.165) is 10.7 Å². The molecule has 12 heteroatoms. The molecule has 40 heavy (non-hydrogen) atoms. The highest BCUT2D eigenvalue weighted by atomic mass is 32.2. The van der Waals surface area contributed by atoms with Gasteiger partial charge in [0.25, 0.3) is 0 Å². The molecular weight excluding hydrogens is 550 g/mol. The summed E-state index contributed by atoms with van der Waals surface area (Å²) >= 11 is 1.38. The summed E-state index contributed by atoms with van der Waals surface area (Å²) < 4.78 is 29.4. The zero-order valence-corrected chi connectivity index (χ0v) is 24.7. The van der Waals surface area contributed by atoms with Crippen molar-refractivity contribution < 1.29 is 23.1 Å². The molecule has 2 amide bonds. The number of hydrogen-bond acceptors (Lipinski definition) is 7. The summed E-state index contributed by atoms with van der Waals surface area (Å²) in [5, 5.41) is 13.3. The highest BCUT2D eigenvalue weighted by Crippen LogP contribution is 2.37. The highest BCUT2D eigenvalue weighted by molar-refractivity contribution is 7.89. The SMILES string of the molecule is CC(=O)Nc1ccc(-c2cnc(N3CCC(N(Cc4ccccc4)C(=O)O)CC3)s2)c(S(=O)(=O)NC(C)(C)C)c1. The van der Waals surface area contributed by atoms with Crippen LogP contribution in [0.5, 0.6) is 0 Å². The number of carbonyl (C=O) groups is 2. The van der Waals surface area contributed by atoms with Crippen LogP contribution >= 0.6 is 11.3 Å². The Morgan fingerprint density at radius 2 is 1.80 bits per heavy atom. The lowest BCUT2D eigenvalue weighted by Crippen LogP contribution is -2.46. The predicted octanol–water partition coefficient (Wildman–Crippen LogP) is 4.99. The minimum absolute atomic E-state index is 0.0561. The van der Waals surface area contributed by atoms with Crippen molar-refractivity contribution >= 4 is 44.2 Å². The Labute approximate surface area is 239 Å². The van der Waals surface area contributed by atoms with E-state index in [9.17, 15) is 23.1 Å². The van der Waals surface area contributed by atoms with E-state index in [2.05, 4.69) is 19.9 Å². The second-order valence-corrected chi connectivity index (χ2v) is 13.5. The van der Waals surface area contributed by atoms with E-state index in [1.54, 1.807) is 39.1 Å². The normalized spacial score (nSPS) is 14.7. The van der Waals surface area contributed by atoms with Crippen molar-refractivity contribution in [3.63, 3.8) is 0 Å². The largest absolute Gasteiger partial charge is 0.465 e. The Kier molecular flexibility index (Phi) is 8.81. The van der Waals surface area contributed by atoms with Crippen LogP contribution in [0.3, 0.4) is 0 Å². The van der Waals surface area contributed by atoms with Crippen LogP contribution in [0.1, 0.15) is 46.1 Å². The average molecular weight is 586 g/mol. The van der Waals surface area contributed by atoms with Gasteiger partial charge in [-0.05, 0) is 51.3 Å². The van der Waals surface area contributed by atoms with Crippen LogP contribution in [0.2, 0.25) is 0 Å². The van der Waals surface area contributed by atoms with Crippen LogP contribution < -0.4 is 14.9 Å². The fourth-order valence-corrected chi connectivity index (χ4v) is 7.46. The molecule has 0 spiro atoms. The predicted molar refractivity (Wildman–Crippen MR) is 157 cm³/mol. The number of anilines is 2. The maximum absolute atomic E-state index is 13.4. The van der Waals surface area contributed by atoms with Crippen molar-refractivity contribution in [2.75, 3.05) is 23.3 Å². The molecule has 0 radical (unpaired) electrons.